The Balaban J connectivity index is 1.86. The van der Waals surface area contributed by atoms with Gasteiger partial charge in [0.25, 0.3) is 0 Å². The van der Waals surface area contributed by atoms with E-state index in [0.717, 1.165) is 31.3 Å². The molecule has 1 N–H and O–H groups in total. The third-order valence-electron chi connectivity index (χ3n) is 4.88. The minimum atomic E-state index is 0.609. The van der Waals surface area contributed by atoms with Gasteiger partial charge in [-0.3, -0.25) is 0 Å². The highest BCUT2D eigenvalue weighted by Gasteiger charge is 2.26. The second kappa shape index (κ2) is 5.58. The molecular formula is C16H25N3. The number of rotatable bonds is 2. The maximum atomic E-state index is 4.92. The number of aryl methyl sites for hydroxylation is 1. The summed E-state index contributed by atoms with van der Waals surface area (Å²) in [5.74, 6) is 2.63. The highest BCUT2D eigenvalue weighted by molar-refractivity contribution is 5.28. The molecule has 2 unspecified atom stereocenters. The smallest absolute Gasteiger partial charge is 0.131 e. The van der Waals surface area contributed by atoms with Crippen molar-refractivity contribution in [2.24, 2.45) is 5.92 Å². The minimum Gasteiger partial charge on any atom is -0.312 e. The van der Waals surface area contributed by atoms with Crippen molar-refractivity contribution in [2.45, 2.75) is 64.8 Å². The first-order valence-electron chi connectivity index (χ1n) is 7.85. The second-order valence-electron chi connectivity index (χ2n) is 6.16. The van der Waals surface area contributed by atoms with Crippen LogP contribution in [0, 0.1) is 12.8 Å². The summed E-state index contributed by atoms with van der Waals surface area (Å²) in [4.78, 5) is 9.74. The van der Waals surface area contributed by atoms with Crippen molar-refractivity contribution < 1.29 is 0 Å². The third-order valence-corrected chi connectivity index (χ3v) is 4.88. The molecule has 1 aliphatic carbocycles. The van der Waals surface area contributed by atoms with E-state index in [0.29, 0.717) is 5.92 Å². The molecule has 1 saturated carbocycles. The van der Waals surface area contributed by atoms with Gasteiger partial charge in [-0.2, -0.15) is 0 Å². The molecule has 3 nitrogen and oxygen atoms in total. The Kier molecular flexibility index (Phi) is 3.83. The Labute approximate surface area is 116 Å². The Hall–Kier alpha value is -0.960. The van der Waals surface area contributed by atoms with Crippen LogP contribution in [0.3, 0.4) is 0 Å². The molecule has 1 aromatic rings. The van der Waals surface area contributed by atoms with Crippen molar-refractivity contribution in [3.05, 3.63) is 22.8 Å². The van der Waals surface area contributed by atoms with Gasteiger partial charge in [-0.05, 0) is 25.7 Å². The standard InChI is InChI=1S/C16H25N3/c1-3-12-5-4-6-13(9-12)16-18-11(2)14-10-17-8-7-15(14)19-16/h12-13,17H,3-10H2,1-2H3. The maximum absolute atomic E-state index is 4.92. The number of fused-ring (bicyclic) bond motifs is 1. The Morgan fingerprint density at radius 3 is 3.00 bits per heavy atom. The van der Waals surface area contributed by atoms with Gasteiger partial charge in [0.1, 0.15) is 5.82 Å². The summed E-state index contributed by atoms with van der Waals surface area (Å²) < 4.78 is 0. The molecule has 1 aliphatic heterocycles. The fourth-order valence-electron chi connectivity index (χ4n) is 3.61. The fraction of sp³-hybridized carbons (Fsp3) is 0.750. The molecule has 104 valence electrons. The highest BCUT2D eigenvalue weighted by atomic mass is 15.0. The summed E-state index contributed by atoms with van der Waals surface area (Å²) >= 11 is 0. The van der Waals surface area contributed by atoms with Crippen molar-refractivity contribution in [1.82, 2.24) is 15.3 Å². The normalized spacial score (nSPS) is 27.1. The van der Waals surface area contributed by atoms with E-state index in [1.165, 1.54) is 49.1 Å². The van der Waals surface area contributed by atoms with E-state index < -0.39 is 0 Å². The number of nitrogens with zero attached hydrogens (tertiary/aromatic N) is 2. The molecule has 3 rings (SSSR count). The van der Waals surface area contributed by atoms with Gasteiger partial charge in [-0.25, -0.2) is 9.97 Å². The van der Waals surface area contributed by atoms with Gasteiger partial charge in [-0.1, -0.05) is 26.2 Å². The van der Waals surface area contributed by atoms with E-state index in [9.17, 15) is 0 Å². The minimum absolute atomic E-state index is 0.609. The van der Waals surface area contributed by atoms with Crippen LogP contribution in [0.5, 0.6) is 0 Å². The van der Waals surface area contributed by atoms with Crippen molar-refractivity contribution in [3.63, 3.8) is 0 Å². The van der Waals surface area contributed by atoms with E-state index in [2.05, 4.69) is 19.2 Å². The summed E-state index contributed by atoms with van der Waals surface area (Å²) in [6.07, 6.45) is 7.71. The zero-order chi connectivity index (χ0) is 13.2. The van der Waals surface area contributed by atoms with Gasteiger partial charge >= 0.3 is 0 Å². The van der Waals surface area contributed by atoms with E-state index in [-0.39, 0.29) is 0 Å². The third kappa shape index (κ3) is 2.66. The lowest BCUT2D eigenvalue weighted by Gasteiger charge is -2.28. The van der Waals surface area contributed by atoms with Gasteiger partial charge in [-0.15, -0.1) is 0 Å². The predicted octanol–water partition coefficient (Wildman–Crippen LogP) is 3.11. The quantitative estimate of drug-likeness (QED) is 0.886. The first-order valence-corrected chi connectivity index (χ1v) is 7.85. The SMILES string of the molecule is CCC1CCCC(c2nc(C)c3c(n2)CCNC3)C1. The van der Waals surface area contributed by atoms with Crippen LogP contribution in [0.25, 0.3) is 0 Å². The fourth-order valence-corrected chi connectivity index (χ4v) is 3.61. The number of nitrogens with one attached hydrogen (secondary N) is 1. The lowest BCUT2D eigenvalue weighted by Crippen LogP contribution is -2.27. The zero-order valence-electron chi connectivity index (χ0n) is 12.2. The van der Waals surface area contributed by atoms with Crippen molar-refractivity contribution in [3.8, 4) is 0 Å². The average molecular weight is 259 g/mol. The van der Waals surface area contributed by atoms with Crippen molar-refractivity contribution in [2.75, 3.05) is 6.54 Å². The molecule has 0 bridgehead atoms. The second-order valence-corrected chi connectivity index (χ2v) is 6.16. The van der Waals surface area contributed by atoms with Crippen LogP contribution in [0.15, 0.2) is 0 Å². The summed E-state index contributed by atoms with van der Waals surface area (Å²) in [5, 5.41) is 3.42. The summed E-state index contributed by atoms with van der Waals surface area (Å²) in [5.41, 5.74) is 3.85. The number of hydrogen-bond donors (Lipinski definition) is 1. The molecule has 1 aromatic heterocycles. The van der Waals surface area contributed by atoms with Crippen LogP contribution < -0.4 is 5.32 Å². The summed E-state index contributed by atoms with van der Waals surface area (Å²) in [6, 6.07) is 0. The number of hydrogen-bond acceptors (Lipinski definition) is 3. The largest absolute Gasteiger partial charge is 0.312 e. The molecule has 19 heavy (non-hydrogen) atoms. The average Bonchev–Trinajstić information content (AvgIpc) is 2.47. The molecule has 0 radical (unpaired) electrons. The van der Waals surface area contributed by atoms with Crippen molar-refractivity contribution in [1.29, 1.82) is 0 Å². The maximum Gasteiger partial charge on any atom is 0.131 e. The molecule has 2 aliphatic rings. The van der Waals surface area contributed by atoms with E-state index in [1.807, 2.05) is 0 Å². The highest BCUT2D eigenvalue weighted by Crippen LogP contribution is 2.36. The Bertz CT molecular complexity index is 456. The summed E-state index contributed by atoms with van der Waals surface area (Å²) in [7, 11) is 0. The zero-order valence-corrected chi connectivity index (χ0v) is 12.2. The predicted molar refractivity (Wildman–Crippen MR) is 77.2 cm³/mol. The molecule has 3 heteroatoms. The van der Waals surface area contributed by atoms with Gasteiger partial charge in [0, 0.05) is 36.7 Å². The molecule has 0 saturated heterocycles. The Morgan fingerprint density at radius 1 is 1.26 bits per heavy atom. The molecule has 2 heterocycles. The van der Waals surface area contributed by atoms with Crippen molar-refractivity contribution >= 4 is 0 Å². The van der Waals surface area contributed by atoms with Gasteiger partial charge in [0.05, 0.1) is 5.69 Å². The monoisotopic (exact) mass is 259 g/mol. The van der Waals surface area contributed by atoms with Crippen LogP contribution in [0.4, 0.5) is 0 Å². The lowest BCUT2D eigenvalue weighted by atomic mass is 9.79. The molecule has 0 spiro atoms. The van der Waals surface area contributed by atoms with Crippen LogP contribution >= 0.6 is 0 Å². The lowest BCUT2D eigenvalue weighted by molar-refractivity contribution is 0.306. The molecular weight excluding hydrogens is 234 g/mol. The van der Waals surface area contributed by atoms with Gasteiger partial charge < -0.3 is 5.32 Å². The van der Waals surface area contributed by atoms with E-state index in [1.54, 1.807) is 0 Å². The van der Waals surface area contributed by atoms with Crippen LogP contribution in [0.1, 0.15) is 67.7 Å². The summed E-state index contributed by atoms with van der Waals surface area (Å²) in [6.45, 7) is 6.48. The van der Waals surface area contributed by atoms with E-state index >= 15 is 0 Å². The van der Waals surface area contributed by atoms with Crippen LogP contribution in [-0.2, 0) is 13.0 Å². The first-order chi connectivity index (χ1) is 9.28. The van der Waals surface area contributed by atoms with Crippen LogP contribution in [-0.4, -0.2) is 16.5 Å². The molecule has 1 fully saturated rings. The topological polar surface area (TPSA) is 37.8 Å². The number of aromatic nitrogens is 2. The first kappa shape index (κ1) is 13.0. The molecule has 2 atom stereocenters. The van der Waals surface area contributed by atoms with Crippen LogP contribution in [0.2, 0.25) is 0 Å². The molecule has 0 aromatic carbocycles. The van der Waals surface area contributed by atoms with E-state index in [4.69, 9.17) is 9.97 Å². The Morgan fingerprint density at radius 2 is 2.16 bits per heavy atom. The molecule has 0 amide bonds. The van der Waals surface area contributed by atoms with Gasteiger partial charge in [0.15, 0.2) is 0 Å². The van der Waals surface area contributed by atoms with Gasteiger partial charge in [0.2, 0.25) is 0 Å².